The molecule has 0 radical (unpaired) electrons. The SMILES string of the molecule is CCCC1(O)CN(Cc2ccc(F)c(F)c2)C1. The minimum Gasteiger partial charge on any atom is -0.387 e. The number of rotatable bonds is 4. The monoisotopic (exact) mass is 241 g/mol. The van der Waals surface area contributed by atoms with Gasteiger partial charge in [-0.3, -0.25) is 4.90 Å². The van der Waals surface area contributed by atoms with Crippen molar-refractivity contribution in [1.82, 2.24) is 4.90 Å². The first-order valence-electron chi connectivity index (χ1n) is 5.91. The third-order valence-electron chi connectivity index (χ3n) is 3.14. The molecule has 0 aliphatic carbocycles. The second kappa shape index (κ2) is 4.70. The van der Waals surface area contributed by atoms with Crippen molar-refractivity contribution in [2.24, 2.45) is 0 Å². The van der Waals surface area contributed by atoms with Gasteiger partial charge in [0.05, 0.1) is 5.60 Å². The van der Waals surface area contributed by atoms with E-state index < -0.39 is 17.2 Å². The quantitative estimate of drug-likeness (QED) is 0.874. The van der Waals surface area contributed by atoms with Crippen molar-refractivity contribution in [3.8, 4) is 0 Å². The number of halogens is 2. The molecule has 4 heteroatoms. The van der Waals surface area contributed by atoms with Crippen LogP contribution in [0.25, 0.3) is 0 Å². The van der Waals surface area contributed by atoms with Crippen molar-refractivity contribution in [1.29, 1.82) is 0 Å². The Morgan fingerprint density at radius 3 is 2.59 bits per heavy atom. The van der Waals surface area contributed by atoms with Gasteiger partial charge >= 0.3 is 0 Å². The van der Waals surface area contributed by atoms with Gasteiger partial charge in [0.15, 0.2) is 11.6 Å². The Morgan fingerprint density at radius 1 is 1.29 bits per heavy atom. The normalized spacial score (nSPS) is 19.1. The van der Waals surface area contributed by atoms with Crippen LogP contribution in [0.4, 0.5) is 8.78 Å². The van der Waals surface area contributed by atoms with Crippen molar-refractivity contribution in [3.63, 3.8) is 0 Å². The van der Waals surface area contributed by atoms with Gasteiger partial charge in [0.1, 0.15) is 0 Å². The third-order valence-corrected chi connectivity index (χ3v) is 3.14. The van der Waals surface area contributed by atoms with E-state index in [9.17, 15) is 13.9 Å². The second-order valence-electron chi connectivity index (χ2n) is 4.87. The minimum atomic E-state index is -0.820. The van der Waals surface area contributed by atoms with E-state index in [1.165, 1.54) is 6.07 Å². The Labute approximate surface area is 99.9 Å². The Balaban J connectivity index is 1.89. The van der Waals surface area contributed by atoms with Crippen molar-refractivity contribution < 1.29 is 13.9 Å². The molecule has 0 amide bonds. The highest BCUT2D eigenvalue weighted by Gasteiger charge is 2.39. The van der Waals surface area contributed by atoms with Crippen molar-refractivity contribution in [3.05, 3.63) is 35.4 Å². The smallest absolute Gasteiger partial charge is 0.159 e. The van der Waals surface area contributed by atoms with Crippen LogP contribution in [0, 0.1) is 11.6 Å². The predicted molar refractivity (Wildman–Crippen MR) is 61.5 cm³/mol. The Kier molecular flexibility index (Phi) is 3.45. The largest absolute Gasteiger partial charge is 0.387 e. The standard InChI is InChI=1S/C13H17F2NO/c1-2-5-13(17)8-16(9-13)7-10-3-4-11(14)12(15)6-10/h3-4,6,17H,2,5,7-9H2,1H3. The Bertz CT molecular complexity index is 402. The van der Waals surface area contributed by atoms with Crippen LogP contribution < -0.4 is 0 Å². The van der Waals surface area contributed by atoms with E-state index in [1.54, 1.807) is 6.07 Å². The second-order valence-corrected chi connectivity index (χ2v) is 4.87. The highest BCUT2D eigenvalue weighted by molar-refractivity contribution is 5.18. The number of benzene rings is 1. The Morgan fingerprint density at radius 2 is 2.00 bits per heavy atom. The van der Waals surface area contributed by atoms with E-state index >= 15 is 0 Å². The van der Waals surface area contributed by atoms with Crippen molar-refractivity contribution in [2.75, 3.05) is 13.1 Å². The number of β-amino-alcohol motifs (C(OH)–C–C–N with tert-alkyl or cyclic N) is 1. The van der Waals surface area contributed by atoms with Crippen LogP contribution in [0.3, 0.4) is 0 Å². The number of likely N-dealkylation sites (tertiary alicyclic amines) is 1. The van der Waals surface area contributed by atoms with Crippen molar-refractivity contribution >= 4 is 0 Å². The summed E-state index contributed by atoms with van der Waals surface area (Å²) in [5, 5.41) is 9.98. The summed E-state index contributed by atoms with van der Waals surface area (Å²) in [6.45, 7) is 3.82. The lowest BCUT2D eigenvalue weighted by atomic mass is 9.89. The molecule has 1 N–H and O–H groups in total. The molecule has 1 saturated heterocycles. The van der Waals surface area contributed by atoms with Crippen LogP contribution in [0.15, 0.2) is 18.2 Å². The van der Waals surface area contributed by atoms with Crippen LogP contribution in [-0.2, 0) is 6.54 Å². The van der Waals surface area contributed by atoms with E-state index in [0.717, 1.165) is 24.5 Å². The van der Waals surface area contributed by atoms with Crippen LogP contribution in [0.2, 0.25) is 0 Å². The van der Waals surface area contributed by atoms with Crippen molar-refractivity contribution in [2.45, 2.75) is 31.9 Å². The molecule has 0 aromatic heterocycles. The molecule has 1 aromatic rings. The Hall–Kier alpha value is -1.00. The van der Waals surface area contributed by atoms with Gasteiger partial charge < -0.3 is 5.11 Å². The lowest BCUT2D eigenvalue weighted by molar-refractivity contribution is -0.106. The summed E-state index contributed by atoms with van der Waals surface area (Å²) in [5.74, 6) is -1.63. The fourth-order valence-corrected chi connectivity index (χ4v) is 2.42. The molecular weight excluding hydrogens is 224 g/mol. The molecule has 0 saturated carbocycles. The maximum absolute atomic E-state index is 13.0. The average molecular weight is 241 g/mol. The lowest BCUT2D eigenvalue weighted by Crippen LogP contribution is -2.60. The average Bonchev–Trinajstić information content (AvgIpc) is 2.22. The molecule has 0 atom stereocenters. The van der Waals surface area contributed by atoms with Gasteiger partial charge in [-0.1, -0.05) is 19.4 Å². The summed E-state index contributed by atoms with van der Waals surface area (Å²) in [4.78, 5) is 2.03. The molecule has 1 fully saturated rings. The van der Waals surface area contributed by atoms with Crippen LogP contribution >= 0.6 is 0 Å². The van der Waals surface area contributed by atoms with Gasteiger partial charge in [0.25, 0.3) is 0 Å². The zero-order valence-electron chi connectivity index (χ0n) is 9.92. The molecule has 1 aliphatic rings. The zero-order chi connectivity index (χ0) is 12.5. The van der Waals surface area contributed by atoms with E-state index in [4.69, 9.17) is 0 Å². The molecule has 94 valence electrons. The molecule has 1 aromatic carbocycles. The topological polar surface area (TPSA) is 23.5 Å². The predicted octanol–water partition coefficient (Wildman–Crippen LogP) is 2.31. The van der Waals surface area contributed by atoms with Gasteiger partial charge in [0, 0.05) is 19.6 Å². The minimum absolute atomic E-state index is 0.559. The third kappa shape index (κ3) is 2.82. The summed E-state index contributed by atoms with van der Waals surface area (Å²) in [6, 6.07) is 3.94. The highest BCUT2D eigenvalue weighted by Crippen LogP contribution is 2.27. The molecule has 17 heavy (non-hydrogen) atoms. The van der Waals surface area contributed by atoms with E-state index in [1.807, 2.05) is 11.8 Å². The molecule has 1 heterocycles. The summed E-state index contributed by atoms with van der Waals surface area (Å²) in [6.07, 6.45) is 1.75. The number of hydrogen-bond acceptors (Lipinski definition) is 2. The van der Waals surface area contributed by atoms with E-state index in [-0.39, 0.29) is 0 Å². The fourth-order valence-electron chi connectivity index (χ4n) is 2.42. The molecule has 1 aliphatic heterocycles. The number of nitrogens with zero attached hydrogens (tertiary/aromatic N) is 1. The summed E-state index contributed by atoms with van der Waals surface area (Å²) in [7, 11) is 0. The summed E-state index contributed by atoms with van der Waals surface area (Å²) < 4.78 is 25.7. The molecule has 2 nitrogen and oxygen atoms in total. The maximum atomic E-state index is 13.0. The van der Waals surface area contributed by atoms with Crippen LogP contribution in [-0.4, -0.2) is 28.7 Å². The summed E-state index contributed by atoms with van der Waals surface area (Å²) >= 11 is 0. The fraction of sp³-hybridized carbons (Fsp3) is 0.538. The van der Waals surface area contributed by atoms with Gasteiger partial charge in [-0.2, -0.15) is 0 Å². The van der Waals surface area contributed by atoms with E-state index in [0.29, 0.717) is 19.6 Å². The molecule has 0 bridgehead atoms. The number of hydrogen-bond donors (Lipinski definition) is 1. The van der Waals surface area contributed by atoms with Gasteiger partial charge in [-0.15, -0.1) is 0 Å². The molecular formula is C13H17F2NO. The molecule has 0 spiro atoms. The summed E-state index contributed by atoms with van der Waals surface area (Å²) in [5.41, 5.74) is 0.162. The zero-order valence-corrected chi connectivity index (χ0v) is 9.92. The van der Waals surface area contributed by atoms with E-state index in [2.05, 4.69) is 0 Å². The van der Waals surface area contributed by atoms with Gasteiger partial charge in [-0.25, -0.2) is 8.78 Å². The highest BCUT2D eigenvalue weighted by atomic mass is 19.2. The molecule has 2 rings (SSSR count). The van der Waals surface area contributed by atoms with Crippen LogP contribution in [0.5, 0.6) is 0 Å². The molecule has 0 unspecified atom stereocenters. The lowest BCUT2D eigenvalue weighted by Gasteiger charge is -2.46. The first-order valence-corrected chi connectivity index (χ1v) is 5.91. The maximum Gasteiger partial charge on any atom is 0.159 e. The van der Waals surface area contributed by atoms with Crippen LogP contribution in [0.1, 0.15) is 25.3 Å². The first-order chi connectivity index (χ1) is 8.02. The van der Waals surface area contributed by atoms with Gasteiger partial charge in [0.2, 0.25) is 0 Å². The van der Waals surface area contributed by atoms with Gasteiger partial charge in [-0.05, 0) is 24.1 Å². The number of aliphatic hydroxyl groups is 1. The first kappa shape index (κ1) is 12.5.